The number of benzene rings is 2. The van der Waals surface area contributed by atoms with Crippen molar-refractivity contribution in [2.45, 2.75) is 69.5 Å². The van der Waals surface area contributed by atoms with Crippen molar-refractivity contribution in [1.29, 1.82) is 0 Å². The Labute approximate surface area is 333 Å². The van der Waals surface area contributed by atoms with E-state index >= 15 is 0 Å². The molecule has 15 nitrogen and oxygen atoms in total. The van der Waals surface area contributed by atoms with E-state index in [1.807, 2.05) is 48.0 Å². The fraction of sp³-hybridized carbons (Fsp3) is 0.417. The number of likely N-dealkylation sites (tertiary alicyclic amines) is 1. The number of aromatic nitrogens is 2. The first-order valence-electron chi connectivity index (χ1n) is 17.2. The number of anilines is 1. The van der Waals surface area contributed by atoms with Crippen LogP contribution < -0.4 is 51.1 Å². The Balaban J connectivity index is 0.000000446. The number of nitrogens with one attached hydrogen (secondary N) is 2. The largest absolute Gasteiger partial charge is 1.00 e. The van der Waals surface area contributed by atoms with Crippen LogP contribution in [0.25, 0.3) is 6.08 Å². The molecular formula is C36H49N8NaO7S. The summed E-state index contributed by atoms with van der Waals surface area (Å²) in [5, 5.41) is 21.4. The molecule has 8 N–H and O–H groups in total. The van der Waals surface area contributed by atoms with Crippen LogP contribution in [0.15, 0.2) is 77.1 Å². The number of imidazole rings is 1. The predicted octanol–water partition coefficient (Wildman–Crippen LogP) is -0.151. The normalized spacial score (nSPS) is 18.7. The third kappa shape index (κ3) is 13.0. The zero-order valence-corrected chi connectivity index (χ0v) is 33.2. The number of fused-ring (bicyclic) bond motifs is 1. The van der Waals surface area contributed by atoms with Gasteiger partial charge in [0.2, 0.25) is 15.9 Å². The maximum absolute atomic E-state index is 13.5. The van der Waals surface area contributed by atoms with Gasteiger partial charge in [-0.05, 0) is 72.8 Å². The molecule has 2 unspecified atom stereocenters. The molecule has 0 aliphatic carbocycles. The number of piperidine rings is 1. The quantitative estimate of drug-likeness (QED) is 0.0441. The van der Waals surface area contributed by atoms with Gasteiger partial charge in [-0.2, -0.15) is 4.72 Å². The van der Waals surface area contributed by atoms with Crippen molar-refractivity contribution < 1.29 is 64.0 Å². The molecule has 1 saturated heterocycles. The molecule has 2 aliphatic rings. The molecule has 1 fully saturated rings. The van der Waals surface area contributed by atoms with E-state index in [-0.39, 0.29) is 67.3 Å². The minimum absolute atomic E-state index is 0. The van der Waals surface area contributed by atoms with Gasteiger partial charge in [-0.1, -0.05) is 50.2 Å². The summed E-state index contributed by atoms with van der Waals surface area (Å²) < 4.78 is 31.5. The number of aliphatic carboxylic acids is 2. The average molecular weight is 761 g/mol. The van der Waals surface area contributed by atoms with Crippen molar-refractivity contribution >= 4 is 45.6 Å². The van der Waals surface area contributed by atoms with Crippen LogP contribution in [0.1, 0.15) is 57.6 Å². The Hall–Kier alpha value is -4.22. The Kier molecular flexibility index (Phi) is 16.5. The molecule has 2 aliphatic heterocycles. The molecule has 0 spiro atoms. The van der Waals surface area contributed by atoms with E-state index in [0.29, 0.717) is 37.4 Å². The number of sulfonamides is 1. The molecule has 2 aromatic carbocycles. The molecule has 0 radical (unpaired) electrons. The van der Waals surface area contributed by atoms with Crippen LogP contribution in [0, 0.1) is 11.8 Å². The number of carbonyl (C=O) groups excluding carboxylic acids is 1. The minimum Gasteiger partial charge on any atom is -1.00 e. The number of carboxylic acid groups (broad SMARTS) is 2. The van der Waals surface area contributed by atoms with Gasteiger partial charge in [0.15, 0.2) is 5.96 Å². The Bertz CT molecular complexity index is 1860. The molecule has 5 rings (SSSR count). The van der Waals surface area contributed by atoms with E-state index in [9.17, 15) is 27.9 Å². The summed E-state index contributed by atoms with van der Waals surface area (Å²) in [5.74, 6) is -2.16. The first-order valence-corrected chi connectivity index (χ1v) is 18.6. The molecular weight excluding hydrogens is 712 g/mol. The maximum atomic E-state index is 13.5. The first kappa shape index (κ1) is 43.2. The third-order valence-corrected chi connectivity index (χ3v) is 10.4. The van der Waals surface area contributed by atoms with Crippen molar-refractivity contribution in [1.82, 2.24) is 19.2 Å². The van der Waals surface area contributed by atoms with E-state index in [1.165, 1.54) is 11.0 Å². The van der Waals surface area contributed by atoms with Crippen LogP contribution in [-0.4, -0.2) is 88.6 Å². The van der Waals surface area contributed by atoms with Gasteiger partial charge in [0.25, 0.3) is 0 Å². The Morgan fingerprint density at radius 2 is 1.87 bits per heavy atom. The maximum Gasteiger partial charge on any atom is 1.00 e. The molecule has 0 bridgehead atoms. The van der Waals surface area contributed by atoms with Gasteiger partial charge in [-0.25, -0.2) is 23.0 Å². The van der Waals surface area contributed by atoms with E-state index in [4.69, 9.17) is 16.6 Å². The smallest absolute Gasteiger partial charge is 1.00 e. The standard InChI is InChI=1S/C23H36N6O5S.C13H12N2O2.Na.H/c1-14-8-10-29(18(12-14)22(31)32)21(30)17(6-4-9-26-23(24)25)28-35(33,34)19-7-3-5-16-11-15(2)13-27-20(16)19;16-13(17)6-5-11-1-3-12(4-2-11)9-15-8-7-14-10-15;;/h3,5,7,14-15,17-18,27-28H,4,6,8-13H2,1-2H3,(H,31,32)(H4,24,25,26);1-8,10H,9H2,(H,16,17);;/q;;+1;-1/b;6-5+;;/t14-,15?,17?,18-;;;/m1.../s1. The van der Waals surface area contributed by atoms with Crippen molar-refractivity contribution in [2.75, 3.05) is 25.0 Å². The number of rotatable bonds is 13. The van der Waals surface area contributed by atoms with Gasteiger partial charge >= 0.3 is 41.5 Å². The number of nitrogens with zero attached hydrogens (tertiary/aromatic N) is 4. The fourth-order valence-corrected chi connectivity index (χ4v) is 7.66. The predicted molar refractivity (Wildman–Crippen MR) is 199 cm³/mol. The second-order valence-corrected chi connectivity index (χ2v) is 14.9. The fourth-order valence-electron chi connectivity index (χ4n) is 6.21. The summed E-state index contributed by atoms with van der Waals surface area (Å²) in [7, 11) is -4.10. The number of amides is 1. The third-order valence-electron chi connectivity index (χ3n) is 8.89. The van der Waals surface area contributed by atoms with Crippen molar-refractivity contribution in [3.05, 3.63) is 84.0 Å². The van der Waals surface area contributed by atoms with Gasteiger partial charge in [-0.15, -0.1) is 0 Å². The monoisotopic (exact) mass is 760 g/mol. The Morgan fingerprint density at radius 3 is 2.51 bits per heavy atom. The summed E-state index contributed by atoms with van der Waals surface area (Å²) in [4.78, 5) is 45.0. The van der Waals surface area contributed by atoms with Crippen LogP contribution in [0.5, 0.6) is 0 Å². The van der Waals surface area contributed by atoms with Crippen molar-refractivity contribution in [3.8, 4) is 0 Å². The van der Waals surface area contributed by atoms with Gasteiger partial charge in [0, 0.05) is 44.6 Å². The van der Waals surface area contributed by atoms with Crippen LogP contribution in [0.3, 0.4) is 0 Å². The first-order chi connectivity index (χ1) is 24.7. The molecule has 3 aromatic rings. The molecule has 17 heteroatoms. The number of nitrogens with two attached hydrogens (primary N) is 2. The van der Waals surface area contributed by atoms with Crippen LogP contribution >= 0.6 is 0 Å². The summed E-state index contributed by atoms with van der Waals surface area (Å²) in [6, 6.07) is 10.7. The molecule has 1 aromatic heterocycles. The number of hydrogen-bond donors (Lipinski definition) is 6. The number of guanidine groups is 1. The average Bonchev–Trinajstić information content (AvgIpc) is 3.61. The summed E-state index contributed by atoms with van der Waals surface area (Å²) in [6.07, 6.45) is 10.3. The molecule has 282 valence electrons. The minimum atomic E-state index is -4.10. The van der Waals surface area contributed by atoms with E-state index in [1.54, 1.807) is 24.7 Å². The number of para-hydroxylation sites is 1. The molecule has 1 amide bonds. The molecule has 3 heterocycles. The summed E-state index contributed by atoms with van der Waals surface area (Å²) in [5.41, 5.74) is 14.2. The topological polar surface area (TPSA) is 235 Å². The van der Waals surface area contributed by atoms with E-state index in [0.717, 1.165) is 35.7 Å². The van der Waals surface area contributed by atoms with E-state index in [2.05, 4.69) is 26.9 Å². The van der Waals surface area contributed by atoms with Crippen molar-refractivity contribution in [3.63, 3.8) is 0 Å². The Morgan fingerprint density at radius 1 is 1.13 bits per heavy atom. The molecule has 4 atom stereocenters. The number of carboxylic acids is 2. The number of aliphatic imine (C=N–C) groups is 1. The van der Waals surface area contributed by atoms with Gasteiger partial charge in [0.1, 0.15) is 17.0 Å². The zero-order valence-electron chi connectivity index (χ0n) is 31.4. The van der Waals surface area contributed by atoms with Gasteiger partial charge in [0.05, 0.1) is 12.0 Å². The molecule has 0 saturated carbocycles. The van der Waals surface area contributed by atoms with Crippen LogP contribution in [0.2, 0.25) is 0 Å². The van der Waals surface area contributed by atoms with Crippen LogP contribution in [0.4, 0.5) is 5.69 Å². The second kappa shape index (κ2) is 20.3. The van der Waals surface area contributed by atoms with Gasteiger partial charge in [-0.3, -0.25) is 9.79 Å². The van der Waals surface area contributed by atoms with Gasteiger partial charge < -0.3 is 37.9 Å². The number of carbonyl (C=O) groups is 3. The zero-order chi connectivity index (χ0) is 37.8. The number of hydrogen-bond acceptors (Lipinski definition) is 8. The second-order valence-electron chi connectivity index (χ2n) is 13.3. The molecule has 53 heavy (non-hydrogen) atoms. The SMILES string of the molecule is CC1CNc2c(cccc2S(=O)(=O)NC(CCCN=C(N)N)C(=O)N2CC[C@@H](C)C[C@@H]2C(=O)O)C1.O=C(O)/C=C/c1ccc(Cn2ccnc2)cc1.[H-].[Na+]. The summed E-state index contributed by atoms with van der Waals surface area (Å²) in [6.45, 7) is 5.91. The summed E-state index contributed by atoms with van der Waals surface area (Å²) >= 11 is 0. The van der Waals surface area contributed by atoms with Crippen LogP contribution in [-0.2, 0) is 37.4 Å². The van der Waals surface area contributed by atoms with E-state index < -0.39 is 40.0 Å². The van der Waals surface area contributed by atoms with Crippen molar-refractivity contribution in [2.24, 2.45) is 28.3 Å².